The first kappa shape index (κ1) is 29.1. The molecule has 0 saturated carbocycles. The van der Waals surface area contributed by atoms with Crippen LogP contribution in [-0.4, -0.2) is 47.8 Å². The average molecular weight is 498 g/mol. The fourth-order valence-corrected chi connectivity index (χ4v) is 4.09. The van der Waals surface area contributed by atoms with Crippen LogP contribution in [0.2, 0.25) is 0 Å². The number of nitroso groups, excluding NO2 is 3. The van der Waals surface area contributed by atoms with Crippen molar-refractivity contribution in [3.8, 4) is 0 Å². The van der Waals surface area contributed by atoms with Crippen LogP contribution in [0, 0.1) is 14.7 Å². The van der Waals surface area contributed by atoms with Gasteiger partial charge in [0.15, 0.2) is 0 Å². The van der Waals surface area contributed by atoms with Crippen LogP contribution in [0.4, 0.5) is 0 Å². The van der Waals surface area contributed by atoms with Gasteiger partial charge in [0.05, 0.1) is 41.0 Å². The normalized spacial score (nSPS) is 11.9. The number of hydrogen-bond donors (Lipinski definition) is 0. The van der Waals surface area contributed by atoms with Gasteiger partial charge in [0.25, 0.3) is 0 Å². The van der Waals surface area contributed by atoms with Gasteiger partial charge >= 0.3 is 29.6 Å². The minimum Gasteiger partial charge on any atom is -0.261 e. The van der Waals surface area contributed by atoms with Crippen molar-refractivity contribution in [2.24, 2.45) is 15.9 Å². The van der Waals surface area contributed by atoms with E-state index in [1.165, 1.54) is 15.0 Å². The number of benzene rings is 3. The molecule has 0 amide bonds. The third-order valence-corrected chi connectivity index (χ3v) is 5.94. The SMILES string of the molecule is CN(C[C@H](c1ccccc1)N(C[C@H](Cc1ccccc1)N(CCc1ccccc1)N=O)N=O)N=O.[Na+]. The second-order valence-electron chi connectivity index (χ2n) is 8.38. The molecule has 3 aromatic carbocycles. The Morgan fingerprint density at radius 3 is 1.72 bits per heavy atom. The second kappa shape index (κ2) is 15.8. The topological polar surface area (TPSA) is 98.0 Å². The van der Waals surface area contributed by atoms with E-state index in [1.807, 2.05) is 91.0 Å². The van der Waals surface area contributed by atoms with Crippen molar-refractivity contribution < 1.29 is 29.6 Å². The van der Waals surface area contributed by atoms with Gasteiger partial charge in [-0.15, -0.1) is 14.7 Å². The van der Waals surface area contributed by atoms with E-state index in [4.69, 9.17) is 0 Å². The summed E-state index contributed by atoms with van der Waals surface area (Å²) in [4.78, 5) is 35.2. The van der Waals surface area contributed by atoms with Crippen LogP contribution in [0.5, 0.6) is 0 Å². The molecule has 36 heavy (non-hydrogen) atoms. The molecule has 3 aromatic rings. The molecule has 0 N–H and O–H groups in total. The zero-order chi connectivity index (χ0) is 24.9. The zero-order valence-electron chi connectivity index (χ0n) is 20.8. The van der Waals surface area contributed by atoms with Crippen molar-refractivity contribution in [3.63, 3.8) is 0 Å². The minimum absolute atomic E-state index is 0. The molecule has 0 unspecified atom stereocenters. The van der Waals surface area contributed by atoms with E-state index in [0.29, 0.717) is 19.4 Å². The summed E-state index contributed by atoms with van der Waals surface area (Å²) < 4.78 is 0. The van der Waals surface area contributed by atoms with Gasteiger partial charge in [0.2, 0.25) is 0 Å². The number of nitrogens with zero attached hydrogens (tertiary/aromatic N) is 6. The van der Waals surface area contributed by atoms with Gasteiger partial charge in [0.1, 0.15) is 0 Å². The van der Waals surface area contributed by atoms with Gasteiger partial charge < -0.3 is 0 Å². The summed E-state index contributed by atoms with van der Waals surface area (Å²) in [5, 5.41) is 13.7. The first-order valence-corrected chi connectivity index (χ1v) is 11.5. The molecular formula is C26H30N6NaO3+. The third kappa shape index (κ3) is 8.82. The van der Waals surface area contributed by atoms with Crippen molar-refractivity contribution in [2.75, 3.05) is 26.7 Å². The summed E-state index contributed by atoms with van der Waals surface area (Å²) in [7, 11) is 1.55. The molecule has 0 aliphatic heterocycles. The standard InChI is InChI=1S/C26H30N6O3.Na/c1-30(27-33)21-26(24-15-9-4-10-16-24)32(29-35)20-25(19-23-13-7-3-8-14-23)31(28-34)18-17-22-11-5-2-6-12-22;/h2-16,25-26H,17-21H2,1H3;/q;+1/t25-,26+;/m0./s1. The molecule has 0 bridgehead atoms. The van der Waals surface area contributed by atoms with Crippen molar-refractivity contribution >= 4 is 0 Å². The van der Waals surface area contributed by atoms with E-state index in [0.717, 1.165) is 16.7 Å². The Balaban J connectivity index is 0.00000456. The Kier molecular flexibility index (Phi) is 12.7. The molecule has 0 aliphatic rings. The maximum Gasteiger partial charge on any atom is 1.00 e. The number of rotatable bonds is 15. The summed E-state index contributed by atoms with van der Waals surface area (Å²) in [5.41, 5.74) is 2.92. The van der Waals surface area contributed by atoms with Gasteiger partial charge in [0, 0.05) is 13.6 Å². The van der Waals surface area contributed by atoms with E-state index in [2.05, 4.69) is 15.9 Å². The maximum absolute atomic E-state index is 12.1. The van der Waals surface area contributed by atoms with Crippen LogP contribution in [0.1, 0.15) is 22.7 Å². The van der Waals surface area contributed by atoms with Crippen LogP contribution < -0.4 is 29.6 Å². The maximum atomic E-state index is 12.1. The number of hydrogen-bond acceptors (Lipinski definition) is 6. The fourth-order valence-electron chi connectivity index (χ4n) is 4.09. The predicted molar refractivity (Wildman–Crippen MR) is 137 cm³/mol. The van der Waals surface area contributed by atoms with E-state index < -0.39 is 12.1 Å². The minimum atomic E-state index is -0.530. The van der Waals surface area contributed by atoms with Crippen molar-refractivity contribution in [1.29, 1.82) is 0 Å². The van der Waals surface area contributed by atoms with Crippen molar-refractivity contribution in [1.82, 2.24) is 15.0 Å². The Bertz CT molecular complexity index is 1050. The Morgan fingerprint density at radius 2 is 1.19 bits per heavy atom. The van der Waals surface area contributed by atoms with Crippen molar-refractivity contribution in [2.45, 2.75) is 24.9 Å². The van der Waals surface area contributed by atoms with Gasteiger partial charge in [-0.1, -0.05) is 91.0 Å². The number of likely N-dealkylation sites (N-methyl/N-ethyl adjacent to an activating group) is 1. The van der Waals surface area contributed by atoms with Crippen molar-refractivity contribution in [3.05, 3.63) is 122 Å². The molecule has 0 fully saturated rings. The van der Waals surface area contributed by atoms with E-state index >= 15 is 0 Å². The van der Waals surface area contributed by atoms with Gasteiger partial charge in [-0.25, -0.2) is 5.01 Å². The molecule has 0 radical (unpaired) electrons. The van der Waals surface area contributed by atoms with Gasteiger partial charge in [-0.2, -0.15) is 0 Å². The van der Waals surface area contributed by atoms with E-state index in [1.54, 1.807) is 7.05 Å². The average Bonchev–Trinajstić information content (AvgIpc) is 2.92. The summed E-state index contributed by atoms with van der Waals surface area (Å²) in [6.07, 6.45) is 1.13. The predicted octanol–water partition coefficient (Wildman–Crippen LogP) is 2.17. The summed E-state index contributed by atoms with van der Waals surface area (Å²) in [5.74, 6) is 0. The van der Waals surface area contributed by atoms with Crippen LogP contribution in [0.15, 0.2) is 107 Å². The zero-order valence-corrected chi connectivity index (χ0v) is 22.8. The Labute approximate surface area is 233 Å². The van der Waals surface area contributed by atoms with Crippen LogP contribution >= 0.6 is 0 Å². The fraction of sp³-hybridized carbons (Fsp3) is 0.308. The molecule has 10 heteroatoms. The smallest absolute Gasteiger partial charge is 0.261 e. The monoisotopic (exact) mass is 497 g/mol. The molecule has 2 atom stereocenters. The van der Waals surface area contributed by atoms with Gasteiger partial charge in [-0.05, 0) is 29.5 Å². The summed E-state index contributed by atoms with van der Waals surface area (Å²) in [6, 6.07) is 28.0. The third-order valence-electron chi connectivity index (χ3n) is 5.94. The summed E-state index contributed by atoms with van der Waals surface area (Å²) >= 11 is 0. The van der Waals surface area contributed by atoms with Crippen LogP contribution in [0.3, 0.4) is 0 Å². The molecule has 0 heterocycles. The van der Waals surface area contributed by atoms with E-state index in [9.17, 15) is 14.7 Å². The van der Waals surface area contributed by atoms with E-state index in [-0.39, 0.29) is 42.6 Å². The Hall–Kier alpha value is -3.14. The molecule has 0 aliphatic carbocycles. The molecule has 0 spiro atoms. The van der Waals surface area contributed by atoms with Crippen LogP contribution in [-0.2, 0) is 12.8 Å². The molecule has 3 rings (SSSR count). The molecule has 9 nitrogen and oxygen atoms in total. The first-order valence-electron chi connectivity index (χ1n) is 11.5. The quantitative estimate of drug-likeness (QED) is 0.181. The van der Waals surface area contributed by atoms with Crippen LogP contribution in [0.25, 0.3) is 0 Å². The summed E-state index contributed by atoms with van der Waals surface area (Å²) in [6.45, 7) is 0.699. The Morgan fingerprint density at radius 1 is 0.667 bits per heavy atom. The molecule has 0 saturated heterocycles. The first-order chi connectivity index (χ1) is 17.1. The molecule has 182 valence electrons. The van der Waals surface area contributed by atoms with Gasteiger partial charge in [-0.3, -0.25) is 10.0 Å². The molecule has 0 aromatic heterocycles. The molecular weight excluding hydrogens is 467 g/mol. The second-order valence-corrected chi connectivity index (χ2v) is 8.38. The largest absolute Gasteiger partial charge is 1.00 e.